The van der Waals surface area contributed by atoms with Gasteiger partial charge in [0.25, 0.3) is 0 Å². The largest absolute Gasteiger partial charge is 0.497 e. The van der Waals surface area contributed by atoms with Gasteiger partial charge in [-0.2, -0.15) is 0 Å². The maximum absolute atomic E-state index is 12.4. The number of aryl methyl sites for hydroxylation is 1. The predicted octanol–water partition coefficient (Wildman–Crippen LogP) is 3.66. The highest BCUT2D eigenvalue weighted by molar-refractivity contribution is 7.16. The van der Waals surface area contributed by atoms with E-state index in [0.29, 0.717) is 16.3 Å². The van der Waals surface area contributed by atoms with Gasteiger partial charge in [0.05, 0.1) is 25.8 Å². The van der Waals surface area contributed by atoms with E-state index in [9.17, 15) is 14.4 Å². The molecule has 8 heteroatoms. The lowest BCUT2D eigenvalue weighted by Crippen LogP contribution is -2.34. The number of likely N-dealkylation sites (N-methyl/N-ethyl adjacent to an activating group) is 1. The molecule has 0 fully saturated rings. The maximum Gasteiger partial charge on any atom is 0.341 e. The molecule has 1 heterocycles. The van der Waals surface area contributed by atoms with Crippen molar-refractivity contribution in [2.45, 2.75) is 20.8 Å². The van der Waals surface area contributed by atoms with Crippen LogP contribution >= 0.6 is 11.3 Å². The fourth-order valence-corrected chi connectivity index (χ4v) is 3.73. The van der Waals surface area contributed by atoms with Gasteiger partial charge in [0, 0.05) is 18.0 Å². The molecule has 2 amide bonds. The zero-order chi connectivity index (χ0) is 22.3. The number of nitrogens with one attached hydrogen (secondary N) is 1. The molecule has 0 aliphatic heterocycles. The molecule has 0 radical (unpaired) electrons. The molecule has 0 spiro atoms. The van der Waals surface area contributed by atoms with Gasteiger partial charge in [-0.25, -0.2) is 4.79 Å². The number of carbonyl (C=O) groups excluding carboxylic acids is 3. The number of benzene rings is 1. The summed E-state index contributed by atoms with van der Waals surface area (Å²) in [6, 6.07) is 7.28. The molecular weight excluding hydrogens is 404 g/mol. The average molecular weight is 431 g/mol. The Balaban J connectivity index is 2.02. The molecule has 1 aromatic heterocycles. The number of thiophene rings is 1. The standard InChI is InChI=1S/C22H26N2O5S/c1-6-29-22(27)20-14(2)15(3)30-21(20)23-18(25)13-24(4)19(26)11-10-16-8-7-9-17(12-16)28-5/h7-12H,6,13H2,1-5H3,(H,23,25)/b11-10+. The molecule has 0 atom stereocenters. The van der Waals surface area contributed by atoms with Crippen LogP contribution in [0.4, 0.5) is 5.00 Å². The van der Waals surface area contributed by atoms with Crippen molar-refractivity contribution in [2.75, 3.05) is 32.6 Å². The van der Waals surface area contributed by atoms with E-state index in [2.05, 4.69) is 5.32 Å². The molecule has 2 rings (SSSR count). The third-order valence-electron chi connectivity index (χ3n) is 4.39. The minimum absolute atomic E-state index is 0.153. The molecule has 0 aliphatic rings. The lowest BCUT2D eigenvalue weighted by molar-refractivity contribution is -0.129. The molecule has 1 aromatic carbocycles. The Morgan fingerprint density at radius 2 is 1.97 bits per heavy atom. The first-order chi connectivity index (χ1) is 14.3. The van der Waals surface area contributed by atoms with Crippen molar-refractivity contribution in [2.24, 2.45) is 0 Å². The van der Waals surface area contributed by atoms with Gasteiger partial charge in [-0.3, -0.25) is 9.59 Å². The summed E-state index contributed by atoms with van der Waals surface area (Å²) in [6.07, 6.45) is 3.05. The second-order valence-corrected chi connectivity index (χ2v) is 7.79. The fourth-order valence-electron chi connectivity index (χ4n) is 2.66. The molecule has 0 aliphatic carbocycles. The zero-order valence-corrected chi connectivity index (χ0v) is 18.6. The number of anilines is 1. The van der Waals surface area contributed by atoms with Crippen LogP contribution in [0.5, 0.6) is 5.75 Å². The van der Waals surface area contributed by atoms with Crippen molar-refractivity contribution >= 4 is 40.2 Å². The van der Waals surface area contributed by atoms with Gasteiger partial charge in [-0.15, -0.1) is 11.3 Å². The van der Waals surface area contributed by atoms with Crippen molar-refractivity contribution < 1.29 is 23.9 Å². The van der Waals surface area contributed by atoms with Crippen LogP contribution in [0.2, 0.25) is 0 Å². The summed E-state index contributed by atoms with van der Waals surface area (Å²) in [6.45, 7) is 5.51. The number of rotatable bonds is 8. The van der Waals surface area contributed by atoms with Crippen LogP contribution in [0.1, 0.15) is 33.3 Å². The topological polar surface area (TPSA) is 84.9 Å². The molecular formula is C22H26N2O5S. The molecule has 0 saturated heterocycles. The smallest absolute Gasteiger partial charge is 0.341 e. The summed E-state index contributed by atoms with van der Waals surface area (Å²) in [7, 11) is 3.11. The van der Waals surface area contributed by atoms with Crippen LogP contribution in [-0.4, -0.2) is 50.0 Å². The summed E-state index contributed by atoms with van der Waals surface area (Å²) in [5.74, 6) is -0.499. The molecule has 2 aromatic rings. The molecule has 0 saturated carbocycles. The molecule has 160 valence electrons. The Morgan fingerprint density at radius 1 is 1.23 bits per heavy atom. The number of hydrogen-bond acceptors (Lipinski definition) is 6. The highest BCUT2D eigenvalue weighted by Crippen LogP contribution is 2.33. The number of methoxy groups -OCH3 is 1. The SMILES string of the molecule is CCOC(=O)c1c(NC(=O)CN(C)C(=O)/C=C/c2cccc(OC)c2)sc(C)c1C. The molecule has 0 bridgehead atoms. The van der Waals surface area contributed by atoms with Crippen molar-refractivity contribution in [1.82, 2.24) is 4.90 Å². The number of ether oxygens (including phenoxy) is 2. The van der Waals surface area contributed by atoms with Crippen molar-refractivity contribution in [1.29, 1.82) is 0 Å². The Bertz CT molecular complexity index is 964. The van der Waals surface area contributed by atoms with Crippen LogP contribution in [0.3, 0.4) is 0 Å². The van der Waals surface area contributed by atoms with Gasteiger partial charge >= 0.3 is 5.97 Å². The van der Waals surface area contributed by atoms with Crippen molar-refractivity contribution in [3.63, 3.8) is 0 Å². The van der Waals surface area contributed by atoms with Crippen LogP contribution in [0, 0.1) is 13.8 Å². The Labute approximate surface area is 180 Å². The van der Waals surface area contributed by atoms with E-state index in [1.165, 1.54) is 29.4 Å². The van der Waals surface area contributed by atoms with Gasteiger partial charge < -0.3 is 19.7 Å². The number of nitrogens with zero attached hydrogens (tertiary/aromatic N) is 1. The molecule has 1 N–H and O–H groups in total. The van der Waals surface area contributed by atoms with Gasteiger partial charge in [0.1, 0.15) is 10.8 Å². The lowest BCUT2D eigenvalue weighted by Gasteiger charge is -2.15. The number of esters is 1. The number of carbonyl (C=O) groups is 3. The van der Waals surface area contributed by atoms with Gasteiger partial charge in [0.2, 0.25) is 11.8 Å². The van der Waals surface area contributed by atoms with E-state index in [1.54, 1.807) is 26.2 Å². The van der Waals surface area contributed by atoms with Crippen molar-refractivity contribution in [3.8, 4) is 5.75 Å². The van der Waals surface area contributed by atoms with Crippen LogP contribution in [0.25, 0.3) is 6.08 Å². The summed E-state index contributed by atoms with van der Waals surface area (Å²) < 4.78 is 10.2. The third kappa shape index (κ3) is 5.93. The predicted molar refractivity (Wildman–Crippen MR) is 118 cm³/mol. The minimum Gasteiger partial charge on any atom is -0.497 e. The monoisotopic (exact) mass is 430 g/mol. The van der Waals surface area contributed by atoms with Gasteiger partial charge in [-0.1, -0.05) is 12.1 Å². The summed E-state index contributed by atoms with van der Waals surface area (Å²) in [5, 5.41) is 3.16. The third-order valence-corrected chi connectivity index (χ3v) is 5.51. The van der Waals surface area contributed by atoms with E-state index in [1.807, 2.05) is 32.0 Å². The van der Waals surface area contributed by atoms with E-state index in [0.717, 1.165) is 16.0 Å². The molecule has 7 nitrogen and oxygen atoms in total. The lowest BCUT2D eigenvalue weighted by atomic mass is 10.1. The Kier molecular flexibility index (Phi) is 8.17. The van der Waals surface area contributed by atoms with E-state index < -0.39 is 11.9 Å². The highest BCUT2D eigenvalue weighted by atomic mass is 32.1. The minimum atomic E-state index is -0.472. The Morgan fingerprint density at radius 3 is 2.63 bits per heavy atom. The van der Waals surface area contributed by atoms with Crippen LogP contribution in [0.15, 0.2) is 30.3 Å². The fraction of sp³-hybridized carbons (Fsp3) is 0.318. The normalized spacial score (nSPS) is 10.7. The van der Waals surface area contributed by atoms with Crippen molar-refractivity contribution in [3.05, 3.63) is 51.9 Å². The average Bonchev–Trinajstić information content (AvgIpc) is 2.99. The Hall–Kier alpha value is -3.13. The first-order valence-electron chi connectivity index (χ1n) is 9.41. The van der Waals surface area contributed by atoms with Gasteiger partial charge in [-0.05, 0) is 50.1 Å². The second kappa shape index (κ2) is 10.6. The maximum atomic E-state index is 12.4. The summed E-state index contributed by atoms with van der Waals surface area (Å²) >= 11 is 1.31. The first-order valence-corrected chi connectivity index (χ1v) is 10.2. The highest BCUT2D eigenvalue weighted by Gasteiger charge is 2.22. The van der Waals surface area contributed by atoms with Crippen LogP contribution in [-0.2, 0) is 14.3 Å². The van der Waals surface area contributed by atoms with Gasteiger partial charge in [0.15, 0.2) is 0 Å². The summed E-state index contributed by atoms with van der Waals surface area (Å²) in [4.78, 5) is 39.2. The summed E-state index contributed by atoms with van der Waals surface area (Å²) in [5.41, 5.74) is 1.95. The quantitative estimate of drug-likeness (QED) is 0.510. The number of amides is 2. The molecule has 30 heavy (non-hydrogen) atoms. The van der Waals surface area contributed by atoms with E-state index in [-0.39, 0.29) is 19.1 Å². The van der Waals surface area contributed by atoms with E-state index >= 15 is 0 Å². The molecule has 0 unspecified atom stereocenters. The van der Waals surface area contributed by atoms with E-state index in [4.69, 9.17) is 9.47 Å². The zero-order valence-electron chi connectivity index (χ0n) is 17.8. The number of hydrogen-bond donors (Lipinski definition) is 1. The van der Waals surface area contributed by atoms with Crippen LogP contribution < -0.4 is 10.1 Å². The second-order valence-electron chi connectivity index (χ2n) is 6.56. The first kappa shape index (κ1) is 23.2.